The van der Waals surface area contributed by atoms with Crippen molar-refractivity contribution in [2.24, 2.45) is 5.92 Å². The number of carbonyl (C=O) groups excluding carboxylic acids is 4. The average Bonchev–Trinajstić information content (AvgIpc) is 2.92. The van der Waals surface area contributed by atoms with E-state index in [-0.39, 0.29) is 30.8 Å². The first kappa shape index (κ1) is 20.8. The number of nitrogens with one attached hydrogen (secondary N) is 3. The maximum absolute atomic E-state index is 12.7. The summed E-state index contributed by atoms with van der Waals surface area (Å²) >= 11 is 0. The van der Waals surface area contributed by atoms with E-state index in [9.17, 15) is 19.2 Å². The zero-order valence-electron chi connectivity index (χ0n) is 16.9. The van der Waals surface area contributed by atoms with Crippen molar-refractivity contribution in [1.82, 2.24) is 15.5 Å². The van der Waals surface area contributed by atoms with E-state index >= 15 is 0 Å². The maximum atomic E-state index is 12.7. The molecule has 1 saturated heterocycles. The van der Waals surface area contributed by atoms with Crippen LogP contribution in [0.2, 0.25) is 0 Å². The number of benzene rings is 1. The van der Waals surface area contributed by atoms with Gasteiger partial charge in [-0.05, 0) is 30.5 Å². The summed E-state index contributed by atoms with van der Waals surface area (Å²) in [7, 11) is 0. The van der Waals surface area contributed by atoms with Gasteiger partial charge in [0.15, 0.2) is 0 Å². The van der Waals surface area contributed by atoms with Gasteiger partial charge in [-0.1, -0.05) is 45.2 Å². The summed E-state index contributed by atoms with van der Waals surface area (Å²) in [5.41, 5.74) is 0.726. The number of nitrogens with zero attached hydrogens (tertiary/aromatic N) is 1. The predicted octanol–water partition coefficient (Wildman–Crippen LogP) is 2.15. The van der Waals surface area contributed by atoms with Crippen molar-refractivity contribution in [2.75, 3.05) is 11.9 Å². The standard InChI is InChI=1S/C21H28N4O4/c1-14(2)18(27)23-16-8-6-15(7-9-16)12-22-17(26)13-25-19(28)21(24-20(25)29)10-4-3-5-11-21/h6-9,14H,3-5,10-13H2,1-2H3,(H,22,26)(H,23,27)(H,24,29). The Kier molecular flexibility index (Phi) is 6.20. The van der Waals surface area contributed by atoms with Crippen molar-refractivity contribution in [3.63, 3.8) is 0 Å². The molecule has 0 bridgehead atoms. The average molecular weight is 400 g/mol. The number of amides is 5. The Labute approximate surface area is 170 Å². The highest BCUT2D eigenvalue weighted by Gasteiger charge is 2.51. The van der Waals surface area contributed by atoms with E-state index in [4.69, 9.17) is 0 Å². The molecule has 5 amide bonds. The molecule has 156 valence electrons. The van der Waals surface area contributed by atoms with Gasteiger partial charge in [0.1, 0.15) is 12.1 Å². The van der Waals surface area contributed by atoms with Gasteiger partial charge >= 0.3 is 6.03 Å². The van der Waals surface area contributed by atoms with Crippen molar-refractivity contribution in [2.45, 2.75) is 58.0 Å². The molecule has 3 N–H and O–H groups in total. The van der Waals surface area contributed by atoms with Crippen molar-refractivity contribution < 1.29 is 19.2 Å². The molecule has 1 spiro atoms. The van der Waals surface area contributed by atoms with Crippen LogP contribution < -0.4 is 16.0 Å². The first-order valence-corrected chi connectivity index (χ1v) is 10.1. The van der Waals surface area contributed by atoms with Crippen molar-refractivity contribution in [1.29, 1.82) is 0 Å². The first-order chi connectivity index (χ1) is 13.8. The molecule has 0 unspecified atom stereocenters. The van der Waals surface area contributed by atoms with Gasteiger partial charge in [-0.2, -0.15) is 0 Å². The van der Waals surface area contributed by atoms with Gasteiger partial charge in [-0.25, -0.2) is 4.79 Å². The van der Waals surface area contributed by atoms with Gasteiger partial charge in [0.05, 0.1) is 0 Å². The molecule has 3 rings (SSSR count). The fraction of sp³-hybridized carbons (Fsp3) is 0.524. The smallest absolute Gasteiger partial charge is 0.325 e. The highest BCUT2D eigenvalue weighted by Crippen LogP contribution is 2.33. The normalized spacial score (nSPS) is 18.1. The summed E-state index contributed by atoms with van der Waals surface area (Å²) in [4.78, 5) is 49.9. The molecule has 1 aliphatic carbocycles. The summed E-state index contributed by atoms with van der Waals surface area (Å²) in [6.45, 7) is 3.63. The Bertz CT molecular complexity index is 797. The zero-order valence-corrected chi connectivity index (χ0v) is 16.9. The van der Waals surface area contributed by atoms with E-state index in [0.29, 0.717) is 18.5 Å². The van der Waals surface area contributed by atoms with Crippen LogP contribution in [0.3, 0.4) is 0 Å². The number of anilines is 1. The van der Waals surface area contributed by atoms with Gasteiger partial charge in [-0.3, -0.25) is 19.3 Å². The summed E-state index contributed by atoms with van der Waals surface area (Å²) in [6, 6.07) is 6.66. The van der Waals surface area contributed by atoms with Crippen LogP contribution in [-0.2, 0) is 20.9 Å². The summed E-state index contributed by atoms with van der Waals surface area (Å²) in [6.07, 6.45) is 4.13. The molecule has 2 fully saturated rings. The van der Waals surface area contributed by atoms with Gasteiger partial charge in [0, 0.05) is 18.2 Å². The molecule has 0 aromatic heterocycles. The Hall–Kier alpha value is -2.90. The topological polar surface area (TPSA) is 108 Å². The second-order valence-corrected chi connectivity index (χ2v) is 8.08. The predicted molar refractivity (Wildman–Crippen MR) is 108 cm³/mol. The Morgan fingerprint density at radius 1 is 1.10 bits per heavy atom. The molecule has 1 aromatic carbocycles. The molecular weight excluding hydrogens is 372 g/mol. The minimum absolute atomic E-state index is 0.0599. The lowest BCUT2D eigenvalue weighted by Crippen LogP contribution is -2.49. The third kappa shape index (κ3) is 4.75. The molecule has 2 aliphatic rings. The quantitative estimate of drug-likeness (QED) is 0.636. The highest BCUT2D eigenvalue weighted by atomic mass is 16.2. The Morgan fingerprint density at radius 3 is 2.38 bits per heavy atom. The third-order valence-electron chi connectivity index (χ3n) is 5.49. The van der Waals surface area contributed by atoms with Gasteiger partial charge in [0.25, 0.3) is 5.91 Å². The minimum Gasteiger partial charge on any atom is -0.350 e. The lowest BCUT2D eigenvalue weighted by Gasteiger charge is -2.30. The molecule has 0 atom stereocenters. The van der Waals surface area contributed by atoms with Crippen LogP contribution in [-0.4, -0.2) is 40.7 Å². The van der Waals surface area contributed by atoms with E-state index in [1.54, 1.807) is 24.3 Å². The molecule has 8 heteroatoms. The van der Waals surface area contributed by atoms with Gasteiger partial charge < -0.3 is 16.0 Å². The first-order valence-electron chi connectivity index (χ1n) is 10.1. The van der Waals surface area contributed by atoms with E-state index in [0.717, 1.165) is 29.7 Å². The fourth-order valence-corrected chi connectivity index (χ4v) is 3.71. The number of urea groups is 1. The lowest BCUT2D eigenvalue weighted by molar-refractivity contribution is -0.135. The van der Waals surface area contributed by atoms with E-state index in [1.165, 1.54) is 0 Å². The summed E-state index contributed by atoms with van der Waals surface area (Å²) in [5, 5.41) is 8.34. The molecule has 29 heavy (non-hydrogen) atoms. The molecule has 1 aromatic rings. The van der Waals surface area contributed by atoms with E-state index < -0.39 is 17.5 Å². The Morgan fingerprint density at radius 2 is 1.76 bits per heavy atom. The second-order valence-electron chi connectivity index (χ2n) is 8.08. The van der Waals surface area contributed by atoms with Crippen LogP contribution >= 0.6 is 0 Å². The second kappa shape index (κ2) is 8.63. The summed E-state index contributed by atoms with van der Waals surface area (Å²) < 4.78 is 0. The van der Waals surface area contributed by atoms with Crippen molar-refractivity contribution in [3.05, 3.63) is 29.8 Å². The number of carbonyl (C=O) groups is 4. The number of imide groups is 1. The third-order valence-corrected chi connectivity index (χ3v) is 5.49. The summed E-state index contributed by atoms with van der Waals surface area (Å²) in [5.74, 6) is -0.844. The molecule has 1 heterocycles. The zero-order chi connectivity index (χ0) is 21.0. The number of hydrogen-bond donors (Lipinski definition) is 3. The Balaban J connectivity index is 1.50. The van der Waals surface area contributed by atoms with Crippen LogP contribution in [0.4, 0.5) is 10.5 Å². The maximum Gasteiger partial charge on any atom is 0.325 e. The van der Waals surface area contributed by atoms with E-state index in [2.05, 4.69) is 16.0 Å². The van der Waals surface area contributed by atoms with Gasteiger partial charge in [0.2, 0.25) is 11.8 Å². The van der Waals surface area contributed by atoms with Crippen LogP contribution in [0.25, 0.3) is 0 Å². The van der Waals surface area contributed by atoms with Gasteiger partial charge in [-0.15, -0.1) is 0 Å². The van der Waals surface area contributed by atoms with E-state index in [1.807, 2.05) is 13.8 Å². The number of rotatable bonds is 6. The molecule has 0 radical (unpaired) electrons. The minimum atomic E-state index is -0.814. The van der Waals surface area contributed by atoms with Crippen LogP contribution in [0.5, 0.6) is 0 Å². The van der Waals surface area contributed by atoms with Crippen LogP contribution in [0, 0.1) is 5.92 Å². The molecule has 1 saturated carbocycles. The monoisotopic (exact) mass is 400 g/mol. The SMILES string of the molecule is CC(C)C(=O)Nc1ccc(CNC(=O)CN2C(=O)NC3(CCCCC3)C2=O)cc1. The molecular formula is C21H28N4O4. The molecule has 8 nitrogen and oxygen atoms in total. The highest BCUT2D eigenvalue weighted by molar-refractivity contribution is 6.09. The van der Waals surface area contributed by atoms with Crippen LogP contribution in [0.1, 0.15) is 51.5 Å². The largest absolute Gasteiger partial charge is 0.350 e. The molecule has 1 aliphatic heterocycles. The van der Waals surface area contributed by atoms with Crippen molar-refractivity contribution >= 4 is 29.4 Å². The fourth-order valence-electron chi connectivity index (χ4n) is 3.71. The lowest BCUT2D eigenvalue weighted by atomic mass is 9.82. The van der Waals surface area contributed by atoms with Crippen molar-refractivity contribution in [3.8, 4) is 0 Å². The van der Waals surface area contributed by atoms with Crippen LogP contribution in [0.15, 0.2) is 24.3 Å². The number of hydrogen-bond acceptors (Lipinski definition) is 4.